The molecule has 0 aromatic heterocycles. The number of hydrogen-bond donors (Lipinski definition) is 0. The van der Waals surface area contributed by atoms with E-state index in [0.717, 1.165) is 11.1 Å². The van der Waals surface area contributed by atoms with Gasteiger partial charge in [0.15, 0.2) is 0 Å². The van der Waals surface area contributed by atoms with Crippen LogP contribution in [0.25, 0.3) is 0 Å². The van der Waals surface area contributed by atoms with Crippen molar-refractivity contribution >= 4 is 11.9 Å². The fourth-order valence-electron chi connectivity index (χ4n) is 2.52. The number of ether oxygens (including phenoxy) is 2. The number of carbonyl (C=O) groups excluding carboxylic acids is 2. The predicted octanol–water partition coefficient (Wildman–Crippen LogP) is 4.32. The standard InChI is InChI=1S/C22H20O4/c1-15-3-11-19(12-4-15)25-21(23)17-7-9-18(10-8-17)22(24)26-20-13-5-16(2)6-14-20/h3-9,11-14,18H,10H2,1-2H3. The van der Waals surface area contributed by atoms with E-state index in [1.165, 1.54) is 0 Å². The summed E-state index contributed by atoms with van der Waals surface area (Å²) in [4.78, 5) is 24.4. The molecule has 0 amide bonds. The first-order valence-corrected chi connectivity index (χ1v) is 8.47. The number of aryl methyl sites for hydroxylation is 2. The van der Waals surface area contributed by atoms with Gasteiger partial charge in [-0.25, -0.2) is 4.79 Å². The van der Waals surface area contributed by atoms with Crippen LogP contribution in [0.3, 0.4) is 0 Å². The van der Waals surface area contributed by atoms with Crippen LogP contribution < -0.4 is 9.47 Å². The van der Waals surface area contributed by atoms with Crippen LogP contribution >= 0.6 is 0 Å². The Bertz CT molecular complexity index is 858. The minimum Gasteiger partial charge on any atom is -0.426 e. The summed E-state index contributed by atoms with van der Waals surface area (Å²) in [6.07, 6.45) is 5.40. The normalized spacial score (nSPS) is 15.9. The maximum absolute atomic E-state index is 12.2. The van der Waals surface area contributed by atoms with Crippen molar-refractivity contribution in [3.05, 3.63) is 83.5 Å². The number of rotatable bonds is 4. The Morgan fingerprint density at radius 3 is 1.88 bits per heavy atom. The van der Waals surface area contributed by atoms with Gasteiger partial charge >= 0.3 is 11.9 Å². The second-order valence-corrected chi connectivity index (χ2v) is 6.30. The van der Waals surface area contributed by atoms with E-state index in [0.29, 0.717) is 23.5 Å². The molecule has 0 N–H and O–H groups in total. The zero-order valence-corrected chi connectivity index (χ0v) is 14.8. The molecule has 0 saturated heterocycles. The van der Waals surface area contributed by atoms with E-state index in [9.17, 15) is 9.59 Å². The Kier molecular flexibility index (Phi) is 5.32. The fraction of sp³-hybridized carbons (Fsp3) is 0.182. The van der Waals surface area contributed by atoms with E-state index in [1.807, 2.05) is 38.1 Å². The minimum atomic E-state index is -0.435. The van der Waals surface area contributed by atoms with Crippen LogP contribution in [-0.2, 0) is 9.59 Å². The predicted molar refractivity (Wildman–Crippen MR) is 99.0 cm³/mol. The zero-order valence-electron chi connectivity index (χ0n) is 14.8. The molecule has 0 bridgehead atoms. The van der Waals surface area contributed by atoms with Crippen LogP contribution in [0.2, 0.25) is 0 Å². The molecule has 0 aliphatic heterocycles. The molecule has 0 heterocycles. The van der Waals surface area contributed by atoms with E-state index in [1.54, 1.807) is 42.5 Å². The van der Waals surface area contributed by atoms with Gasteiger partial charge in [-0.15, -0.1) is 0 Å². The smallest absolute Gasteiger partial charge is 0.343 e. The Morgan fingerprint density at radius 1 is 0.846 bits per heavy atom. The SMILES string of the molecule is Cc1ccc(OC(=O)C2=CCC(C(=O)Oc3ccc(C)cc3)C=C2)cc1. The summed E-state index contributed by atoms with van der Waals surface area (Å²) in [7, 11) is 0. The van der Waals surface area contributed by atoms with Crippen LogP contribution in [0.1, 0.15) is 17.5 Å². The molecule has 132 valence electrons. The highest BCUT2D eigenvalue weighted by Crippen LogP contribution is 2.22. The van der Waals surface area contributed by atoms with Crippen molar-refractivity contribution in [2.75, 3.05) is 0 Å². The van der Waals surface area contributed by atoms with Gasteiger partial charge in [-0.3, -0.25) is 4.79 Å². The molecule has 1 aliphatic rings. The molecule has 0 spiro atoms. The minimum absolute atomic E-state index is 0.340. The molecule has 0 radical (unpaired) electrons. The van der Waals surface area contributed by atoms with Gasteiger partial charge in [0.2, 0.25) is 0 Å². The van der Waals surface area contributed by atoms with E-state index < -0.39 is 11.9 Å². The third-order valence-corrected chi connectivity index (χ3v) is 4.11. The van der Waals surface area contributed by atoms with Gasteiger partial charge in [-0.1, -0.05) is 53.6 Å². The number of carbonyl (C=O) groups is 2. The van der Waals surface area contributed by atoms with Gasteiger partial charge in [0.05, 0.1) is 11.5 Å². The highest BCUT2D eigenvalue weighted by molar-refractivity contribution is 5.94. The van der Waals surface area contributed by atoms with Gasteiger partial charge in [-0.05, 0) is 44.5 Å². The summed E-state index contributed by atoms with van der Waals surface area (Å²) in [6, 6.07) is 14.6. The third kappa shape index (κ3) is 4.48. The lowest BCUT2D eigenvalue weighted by atomic mass is 9.97. The van der Waals surface area contributed by atoms with Crippen molar-refractivity contribution in [2.24, 2.45) is 5.92 Å². The molecule has 2 aromatic rings. The van der Waals surface area contributed by atoms with Gasteiger partial charge in [-0.2, -0.15) is 0 Å². The van der Waals surface area contributed by atoms with Gasteiger partial charge in [0.25, 0.3) is 0 Å². The lowest BCUT2D eigenvalue weighted by molar-refractivity contribution is -0.137. The summed E-state index contributed by atoms with van der Waals surface area (Å²) in [5.41, 5.74) is 2.63. The molecule has 0 saturated carbocycles. The largest absolute Gasteiger partial charge is 0.426 e. The Hall–Kier alpha value is -3.14. The number of allylic oxidation sites excluding steroid dienone is 1. The summed E-state index contributed by atoms with van der Waals surface area (Å²) >= 11 is 0. The molecule has 4 heteroatoms. The van der Waals surface area contributed by atoms with Crippen LogP contribution in [0.4, 0.5) is 0 Å². The van der Waals surface area contributed by atoms with E-state index >= 15 is 0 Å². The molecular weight excluding hydrogens is 328 g/mol. The second-order valence-electron chi connectivity index (χ2n) is 6.30. The summed E-state index contributed by atoms with van der Waals surface area (Å²) in [6.45, 7) is 3.94. The van der Waals surface area contributed by atoms with Crippen LogP contribution in [0.15, 0.2) is 72.3 Å². The average Bonchev–Trinajstić information content (AvgIpc) is 2.65. The van der Waals surface area contributed by atoms with Crippen molar-refractivity contribution < 1.29 is 19.1 Å². The van der Waals surface area contributed by atoms with E-state index in [2.05, 4.69) is 0 Å². The quantitative estimate of drug-likeness (QED) is 0.610. The Balaban J connectivity index is 1.56. The summed E-state index contributed by atoms with van der Waals surface area (Å²) in [5.74, 6) is -0.173. The first kappa shape index (κ1) is 17.7. The van der Waals surface area contributed by atoms with Gasteiger partial charge in [0, 0.05) is 0 Å². The lowest BCUT2D eigenvalue weighted by Crippen LogP contribution is -2.21. The van der Waals surface area contributed by atoms with Crippen molar-refractivity contribution in [1.82, 2.24) is 0 Å². The maximum Gasteiger partial charge on any atom is 0.343 e. The fourth-order valence-corrected chi connectivity index (χ4v) is 2.52. The van der Waals surface area contributed by atoms with E-state index in [-0.39, 0.29) is 5.97 Å². The number of esters is 2. The molecule has 4 nitrogen and oxygen atoms in total. The van der Waals surface area contributed by atoms with Crippen LogP contribution in [-0.4, -0.2) is 11.9 Å². The summed E-state index contributed by atoms with van der Waals surface area (Å²) < 4.78 is 10.7. The molecule has 1 aliphatic carbocycles. The van der Waals surface area contributed by atoms with E-state index in [4.69, 9.17) is 9.47 Å². The average molecular weight is 348 g/mol. The van der Waals surface area contributed by atoms with Gasteiger partial charge < -0.3 is 9.47 Å². The molecule has 2 aromatic carbocycles. The lowest BCUT2D eigenvalue weighted by Gasteiger charge is -2.15. The molecular formula is C22H20O4. The second kappa shape index (κ2) is 7.83. The number of benzene rings is 2. The first-order chi connectivity index (χ1) is 12.5. The highest BCUT2D eigenvalue weighted by atomic mass is 16.5. The Morgan fingerprint density at radius 2 is 1.38 bits per heavy atom. The highest BCUT2D eigenvalue weighted by Gasteiger charge is 2.22. The van der Waals surface area contributed by atoms with Crippen molar-refractivity contribution in [2.45, 2.75) is 20.3 Å². The molecule has 26 heavy (non-hydrogen) atoms. The topological polar surface area (TPSA) is 52.6 Å². The summed E-state index contributed by atoms with van der Waals surface area (Å²) in [5, 5.41) is 0. The van der Waals surface area contributed by atoms with Crippen LogP contribution in [0, 0.1) is 19.8 Å². The first-order valence-electron chi connectivity index (χ1n) is 8.47. The molecule has 0 fully saturated rings. The molecule has 1 atom stereocenters. The zero-order chi connectivity index (χ0) is 18.5. The Labute approximate surface area is 152 Å². The van der Waals surface area contributed by atoms with Crippen LogP contribution in [0.5, 0.6) is 11.5 Å². The third-order valence-electron chi connectivity index (χ3n) is 4.11. The van der Waals surface area contributed by atoms with Crippen molar-refractivity contribution in [3.63, 3.8) is 0 Å². The van der Waals surface area contributed by atoms with Crippen molar-refractivity contribution in [3.8, 4) is 11.5 Å². The monoisotopic (exact) mass is 348 g/mol. The maximum atomic E-state index is 12.2. The molecule has 1 unspecified atom stereocenters. The van der Waals surface area contributed by atoms with Crippen molar-refractivity contribution in [1.29, 1.82) is 0 Å². The molecule has 3 rings (SSSR count). The van der Waals surface area contributed by atoms with Gasteiger partial charge in [0.1, 0.15) is 11.5 Å². The number of hydrogen-bond acceptors (Lipinski definition) is 4.